The van der Waals surface area contributed by atoms with E-state index in [1.807, 2.05) is 31.2 Å². The zero-order valence-corrected chi connectivity index (χ0v) is 13.7. The maximum atomic E-state index is 6.22. The van der Waals surface area contributed by atoms with Crippen LogP contribution in [0.3, 0.4) is 0 Å². The Bertz CT molecular complexity index is 582. The van der Waals surface area contributed by atoms with Crippen LogP contribution < -0.4 is 5.32 Å². The Hall–Kier alpha value is -1.39. The Kier molecular flexibility index (Phi) is 5.37. The van der Waals surface area contributed by atoms with Gasteiger partial charge in [0.05, 0.1) is 6.04 Å². The summed E-state index contributed by atoms with van der Waals surface area (Å²) in [6.45, 7) is 8.35. The summed E-state index contributed by atoms with van der Waals surface area (Å²) >= 11 is 6.22. The third-order valence-electron chi connectivity index (χ3n) is 3.31. The normalized spacial score (nSPS) is 14.4. The van der Waals surface area contributed by atoms with Gasteiger partial charge in [0, 0.05) is 17.5 Å². The van der Waals surface area contributed by atoms with Crippen LogP contribution in [0.15, 0.2) is 28.7 Å². The van der Waals surface area contributed by atoms with Gasteiger partial charge < -0.3 is 4.42 Å². The molecule has 0 aliphatic heterocycles. The molecular formula is C16H22ClN3O. The number of hydrogen-bond donors (Lipinski definition) is 1. The summed E-state index contributed by atoms with van der Waals surface area (Å²) in [5.74, 6) is 1.81. The molecule has 0 spiro atoms. The van der Waals surface area contributed by atoms with Gasteiger partial charge in [-0.1, -0.05) is 43.6 Å². The van der Waals surface area contributed by atoms with Crippen molar-refractivity contribution >= 4 is 11.6 Å². The summed E-state index contributed by atoms with van der Waals surface area (Å²) in [5, 5.41) is 12.4. The molecule has 1 aromatic carbocycles. The molecule has 2 rings (SSSR count). The molecule has 0 saturated heterocycles. The van der Waals surface area contributed by atoms with Crippen LogP contribution in [-0.4, -0.2) is 10.2 Å². The molecule has 0 radical (unpaired) electrons. The number of nitrogens with zero attached hydrogens (tertiary/aromatic N) is 2. The quantitative estimate of drug-likeness (QED) is 0.863. The van der Waals surface area contributed by atoms with Gasteiger partial charge in [0.15, 0.2) is 0 Å². The number of benzene rings is 1. The first-order valence-corrected chi connectivity index (χ1v) is 7.68. The van der Waals surface area contributed by atoms with Crippen LogP contribution in [-0.2, 0) is 6.42 Å². The lowest BCUT2D eigenvalue weighted by molar-refractivity contribution is 0.364. The molecule has 4 nitrogen and oxygen atoms in total. The van der Waals surface area contributed by atoms with E-state index in [1.54, 1.807) is 0 Å². The molecule has 2 aromatic rings. The highest BCUT2D eigenvalue weighted by Crippen LogP contribution is 2.25. The lowest BCUT2D eigenvalue weighted by Gasteiger charge is -2.18. The Morgan fingerprint density at radius 3 is 2.48 bits per heavy atom. The molecule has 0 aliphatic carbocycles. The first kappa shape index (κ1) is 16.0. The predicted molar refractivity (Wildman–Crippen MR) is 84.3 cm³/mol. The molecule has 0 unspecified atom stereocenters. The zero-order chi connectivity index (χ0) is 15.4. The monoisotopic (exact) mass is 307 g/mol. The fourth-order valence-electron chi connectivity index (χ4n) is 2.24. The summed E-state index contributed by atoms with van der Waals surface area (Å²) in [4.78, 5) is 0. The van der Waals surface area contributed by atoms with E-state index in [4.69, 9.17) is 16.0 Å². The van der Waals surface area contributed by atoms with E-state index in [0.717, 1.165) is 17.0 Å². The Morgan fingerprint density at radius 2 is 1.81 bits per heavy atom. The predicted octanol–water partition coefficient (Wildman–Crippen LogP) is 4.33. The molecule has 1 heterocycles. The largest absolute Gasteiger partial charge is 0.424 e. The van der Waals surface area contributed by atoms with E-state index in [0.29, 0.717) is 17.7 Å². The van der Waals surface area contributed by atoms with Crippen LogP contribution in [0.5, 0.6) is 0 Å². The smallest absolute Gasteiger partial charge is 0.233 e. The van der Waals surface area contributed by atoms with Crippen molar-refractivity contribution in [1.29, 1.82) is 0 Å². The SMILES string of the molecule is CC(C)Cc1nnc([C@H](C)N[C@@H](C)c2ccccc2Cl)o1. The molecule has 5 heteroatoms. The van der Waals surface area contributed by atoms with Gasteiger partial charge in [-0.15, -0.1) is 10.2 Å². The van der Waals surface area contributed by atoms with Gasteiger partial charge in [-0.05, 0) is 31.4 Å². The summed E-state index contributed by atoms with van der Waals surface area (Å²) in [7, 11) is 0. The topological polar surface area (TPSA) is 51.0 Å². The Balaban J connectivity index is 2.02. The molecule has 0 bridgehead atoms. The summed E-state index contributed by atoms with van der Waals surface area (Å²) in [6, 6.07) is 7.91. The fraction of sp³-hybridized carbons (Fsp3) is 0.500. The van der Waals surface area contributed by atoms with Crippen molar-refractivity contribution in [2.75, 3.05) is 0 Å². The minimum Gasteiger partial charge on any atom is -0.424 e. The highest BCUT2D eigenvalue weighted by Gasteiger charge is 2.18. The van der Waals surface area contributed by atoms with E-state index < -0.39 is 0 Å². The number of halogens is 1. The number of nitrogens with one attached hydrogen (secondary N) is 1. The maximum Gasteiger partial charge on any atom is 0.233 e. The second-order valence-electron chi connectivity index (χ2n) is 5.76. The van der Waals surface area contributed by atoms with Crippen molar-refractivity contribution in [3.8, 4) is 0 Å². The lowest BCUT2D eigenvalue weighted by atomic mass is 10.1. The van der Waals surface area contributed by atoms with Crippen molar-refractivity contribution in [2.45, 2.75) is 46.2 Å². The van der Waals surface area contributed by atoms with Gasteiger partial charge >= 0.3 is 0 Å². The van der Waals surface area contributed by atoms with E-state index in [1.165, 1.54) is 0 Å². The second kappa shape index (κ2) is 7.05. The van der Waals surface area contributed by atoms with E-state index in [9.17, 15) is 0 Å². The van der Waals surface area contributed by atoms with Crippen LogP contribution in [0, 0.1) is 5.92 Å². The molecular weight excluding hydrogens is 286 g/mol. The zero-order valence-electron chi connectivity index (χ0n) is 12.9. The third kappa shape index (κ3) is 4.29. The van der Waals surface area contributed by atoms with Crippen LogP contribution in [0.4, 0.5) is 0 Å². The maximum absolute atomic E-state index is 6.22. The first-order chi connectivity index (χ1) is 9.97. The van der Waals surface area contributed by atoms with Gasteiger partial charge in [-0.3, -0.25) is 5.32 Å². The third-order valence-corrected chi connectivity index (χ3v) is 3.65. The summed E-state index contributed by atoms with van der Waals surface area (Å²) in [6.07, 6.45) is 0.805. The number of aromatic nitrogens is 2. The number of hydrogen-bond acceptors (Lipinski definition) is 4. The highest BCUT2D eigenvalue weighted by molar-refractivity contribution is 6.31. The highest BCUT2D eigenvalue weighted by atomic mass is 35.5. The molecule has 2 atom stereocenters. The standard InChI is InChI=1S/C16H22ClN3O/c1-10(2)9-15-19-20-16(21-15)12(4)18-11(3)13-7-5-6-8-14(13)17/h5-8,10-12,18H,9H2,1-4H3/t11-,12-/m0/s1. The average Bonchev–Trinajstić information content (AvgIpc) is 2.86. The Labute approximate surface area is 130 Å². The molecule has 0 saturated carbocycles. The molecule has 21 heavy (non-hydrogen) atoms. The van der Waals surface area contributed by atoms with Gasteiger partial charge in [-0.2, -0.15) is 0 Å². The molecule has 1 aromatic heterocycles. The molecule has 0 aliphatic rings. The lowest BCUT2D eigenvalue weighted by Crippen LogP contribution is -2.23. The minimum absolute atomic E-state index is 0.0234. The summed E-state index contributed by atoms with van der Waals surface area (Å²) < 4.78 is 5.71. The number of rotatable bonds is 6. The van der Waals surface area contributed by atoms with Gasteiger partial charge in [0.25, 0.3) is 0 Å². The van der Waals surface area contributed by atoms with E-state index >= 15 is 0 Å². The van der Waals surface area contributed by atoms with Crippen LogP contribution in [0.2, 0.25) is 5.02 Å². The van der Waals surface area contributed by atoms with Crippen molar-refractivity contribution in [3.05, 3.63) is 46.6 Å². The fourth-order valence-corrected chi connectivity index (χ4v) is 2.54. The van der Waals surface area contributed by atoms with Crippen LogP contribution in [0.25, 0.3) is 0 Å². The first-order valence-electron chi connectivity index (χ1n) is 7.30. The Morgan fingerprint density at radius 1 is 1.10 bits per heavy atom. The van der Waals surface area contributed by atoms with Gasteiger partial charge in [0.1, 0.15) is 0 Å². The average molecular weight is 308 g/mol. The molecule has 114 valence electrons. The van der Waals surface area contributed by atoms with Gasteiger partial charge in [-0.25, -0.2) is 0 Å². The van der Waals surface area contributed by atoms with Gasteiger partial charge in [0.2, 0.25) is 11.8 Å². The minimum atomic E-state index is -0.0234. The van der Waals surface area contributed by atoms with Crippen molar-refractivity contribution < 1.29 is 4.42 Å². The molecule has 0 fully saturated rings. The van der Waals surface area contributed by atoms with Crippen molar-refractivity contribution in [2.24, 2.45) is 5.92 Å². The van der Waals surface area contributed by atoms with Crippen molar-refractivity contribution in [1.82, 2.24) is 15.5 Å². The second-order valence-corrected chi connectivity index (χ2v) is 6.17. The van der Waals surface area contributed by atoms with Crippen LogP contribution in [0.1, 0.15) is 57.1 Å². The van der Waals surface area contributed by atoms with E-state index in [-0.39, 0.29) is 12.1 Å². The summed E-state index contributed by atoms with van der Waals surface area (Å²) in [5.41, 5.74) is 1.06. The van der Waals surface area contributed by atoms with Crippen LogP contribution >= 0.6 is 11.6 Å². The molecule has 1 N–H and O–H groups in total. The van der Waals surface area contributed by atoms with E-state index in [2.05, 4.69) is 36.3 Å². The molecule has 0 amide bonds. The van der Waals surface area contributed by atoms with Crippen molar-refractivity contribution in [3.63, 3.8) is 0 Å².